The van der Waals surface area contributed by atoms with Gasteiger partial charge in [-0.25, -0.2) is 4.98 Å². The van der Waals surface area contributed by atoms with Crippen molar-refractivity contribution < 1.29 is 9.66 Å². The number of imidazole rings is 1. The third-order valence-corrected chi connectivity index (χ3v) is 5.02. The van der Waals surface area contributed by atoms with Crippen LogP contribution in [0, 0.1) is 10.1 Å². The molecule has 1 N–H and O–H groups in total. The van der Waals surface area contributed by atoms with E-state index in [1.54, 1.807) is 12.1 Å². The molecule has 2 aromatic heterocycles. The van der Waals surface area contributed by atoms with Gasteiger partial charge in [0.05, 0.1) is 12.6 Å². The van der Waals surface area contributed by atoms with E-state index in [1.165, 1.54) is 10.7 Å². The van der Waals surface area contributed by atoms with Crippen LogP contribution in [0.4, 0.5) is 11.6 Å². The number of nitro groups is 1. The van der Waals surface area contributed by atoms with Gasteiger partial charge in [0.25, 0.3) is 0 Å². The third-order valence-electron chi connectivity index (χ3n) is 5.02. The average molecular weight is 375 g/mol. The summed E-state index contributed by atoms with van der Waals surface area (Å²) in [4.78, 5) is 14.7. The maximum Gasteiger partial charge on any atom is 0.368 e. The number of rotatable bonds is 3. The number of benzene rings is 2. The fourth-order valence-corrected chi connectivity index (χ4v) is 3.70. The molecular formula is C20H17N5O3. The second kappa shape index (κ2) is 6.49. The summed E-state index contributed by atoms with van der Waals surface area (Å²) in [6.07, 6.45) is 2.98. The Bertz CT molecular complexity index is 1200. The number of hydrogen-bond donors (Lipinski definition) is 1. The number of fused-ring (bicyclic) bond motifs is 4. The Morgan fingerprint density at radius 3 is 2.96 bits per heavy atom. The van der Waals surface area contributed by atoms with Crippen LogP contribution in [-0.2, 0) is 0 Å². The smallest absolute Gasteiger partial charge is 0.368 e. The van der Waals surface area contributed by atoms with Crippen LogP contribution in [0.3, 0.4) is 0 Å². The monoisotopic (exact) mass is 375 g/mol. The highest BCUT2D eigenvalue weighted by Crippen LogP contribution is 2.38. The molecule has 0 amide bonds. The summed E-state index contributed by atoms with van der Waals surface area (Å²) in [6, 6.07) is 15.8. The molecule has 0 bridgehead atoms. The molecule has 0 spiro atoms. The van der Waals surface area contributed by atoms with Gasteiger partial charge in [0, 0.05) is 17.0 Å². The van der Waals surface area contributed by atoms with Crippen molar-refractivity contribution in [3.63, 3.8) is 0 Å². The SMILES string of the molecule is O=[N+]([O-])c1cnc2ccc(NC3CCCOc4c3ccc3ccccc43)nn12. The molecule has 0 aliphatic carbocycles. The summed E-state index contributed by atoms with van der Waals surface area (Å²) in [7, 11) is 0. The molecule has 0 saturated heterocycles. The van der Waals surface area contributed by atoms with E-state index in [0.29, 0.717) is 18.1 Å². The summed E-state index contributed by atoms with van der Waals surface area (Å²) in [5, 5.41) is 21.2. The van der Waals surface area contributed by atoms with Crippen LogP contribution < -0.4 is 10.1 Å². The van der Waals surface area contributed by atoms with Gasteiger partial charge in [0.1, 0.15) is 11.9 Å². The van der Waals surface area contributed by atoms with Crippen molar-refractivity contribution in [3.8, 4) is 5.75 Å². The lowest BCUT2D eigenvalue weighted by atomic mass is 9.98. The zero-order valence-corrected chi connectivity index (χ0v) is 14.9. The second-order valence-corrected chi connectivity index (χ2v) is 6.75. The van der Waals surface area contributed by atoms with E-state index in [4.69, 9.17) is 4.74 Å². The Morgan fingerprint density at radius 1 is 1.18 bits per heavy atom. The molecular weight excluding hydrogens is 358 g/mol. The summed E-state index contributed by atoms with van der Waals surface area (Å²) < 4.78 is 7.32. The number of anilines is 1. The lowest BCUT2D eigenvalue weighted by molar-refractivity contribution is -0.391. The fourth-order valence-electron chi connectivity index (χ4n) is 3.70. The van der Waals surface area contributed by atoms with Gasteiger partial charge in [0.2, 0.25) is 5.65 Å². The predicted molar refractivity (Wildman–Crippen MR) is 105 cm³/mol. The summed E-state index contributed by atoms with van der Waals surface area (Å²) in [6.45, 7) is 0.651. The van der Waals surface area contributed by atoms with E-state index in [0.717, 1.165) is 34.9 Å². The molecule has 28 heavy (non-hydrogen) atoms. The largest absolute Gasteiger partial charge is 0.493 e. The average Bonchev–Trinajstić information content (AvgIpc) is 3.03. The highest BCUT2D eigenvalue weighted by atomic mass is 16.6. The van der Waals surface area contributed by atoms with Crippen LogP contribution in [-0.4, -0.2) is 26.1 Å². The molecule has 8 heteroatoms. The van der Waals surface area contributed by atoms with Crippen LogP contribution in [0.2, 0.25) is 0 Å². The van der Waals surface area contributed by atoms with Crippen LogP contribution in [0.5, 0.6) is 5.75 Å². The number of aromatic nitrogens is 3. The van der Waals surface area contributed by atoms with E-state index in [9.17, 15) is 10.1 Å². The standard InChI is InChI=1S/C20H17N5O3/c26-25(27)19-12-21-18-10-9-17(23-24(18)19)22-16-6-3-11-28-20-14-5-2-1-4-13(14)7-8-15(16)20/h1-2,4-5,7-10,12,16H,3,6,11H2,(H,22,23). The molecule has 1 unspecified atom stereocenters. The maximum absolute atomic E-state index is 11.2. The van der Waals surface area contributed by atoms with Crippen molar-refractivity contribution in [2.75, 3.05) is 11.9 Å². The van der Waals surface area contributed by atoms with Gasteiger partial charge in [-0.15, -0.1) is 0 Å². The predicted octanol–water partition coefficient (Wildman–Crippen LogP) is 4.12. The number of nitrogens with zero attached hydrogens (tertiary/aromatic N) is 4. The molecule has 5 rings (SSSR count). The lowest BCUT2D eigenvalue weighted by Gasteiger charge is -2.19. The topological polar surface area (TPSA) is 94.6 Å². The lowest BCUT2D eigenvalue weighted by Crippen LogP contribution is -2.12. The molecule has 1 aliphatic heterocycles. The summed E-state index contributed by atoms with van der Waals surface area (Å²) >= 11 is 0. The minimum atomic E-state index is -0.488. The van der Waals surface area contributed by atoms with E-state index in [-0.39, 0.29) is 11.9 Å². The Kier molecular flexibility index (Phi) is 3.82. The van der Waals surface area contributed by atoms with Crippen LogP contribution in [0.15, 0.2) is 54.7 Å². The Hall–Kier alpha value is -3.68. The van der Waals surface area contributed by atoms with E-state index >= 15 is 0 Å². The van der Waals surface area contributed by atoms with Crippen molar-refractivity contribution in [1.82, 2.24) is 14.6 Å². The molecule has 3 heterocycles. The minimum Gasteiger partial charge on any atom is -0.493 e. The first-order chi connectivity index (χ1) is 13.7. The number of hydrogen-bond acceptors (Lipinski definition) is 6. The van der Waals surface area contributed by atoms with Crippen molar-refractivity contribution in [2.24, 2.45) is 0 Å². The van der Waals surface area contributed by atoms with Gasteiger partial charge < -0.3 is 20.2 Å². The van der Waals surface area contributed by atoms with Crippen molar-refractivity contribution in [1.29, 1.82) is 0 Å². The highest BCUT2D eigenvalue weighted by Gasteiger charge is 2.23. The van der Waals surface area contributed by atoms with E-state index in [2.05, 4.69) is 39.7 Å². The Morgan fingerprint density at radius 2 is 2.07 bits per heavy atom. The van der Waals surface area contributed by atoms with Gasteiger partial charge in [-0.3, -0.25) is 0 Å². The van der Waals surface area contributed by atoms with Crippen molar-refractivity contribution in [3.05, 3.63) is 70.4 Å². The molecule has 1 atom stereocenters. The summed E-state index contributed by atoms with van der Waals surface area (Å²) in [5.74, 6) is 1.29. The summed E-state index contributed by atoms with van der Waals surface area (Å²) in [5.41, 5.74) is 1.51. The van der Waals surface area contributed by atoms with Gasteiger partial charge in [-0.1, -0.05) is 46.0 Å². The van der Waals surface area contributed by atoms with Gasteiger partial charge >= 0.3 is 5.82 Å². The Balaban J connectivity index is 1.55. The molecule has 2 aromatic carbocycles. The third kappa shape index (κ3) is 2.70. The maximum atomic E-state index is 11.2. The zero-order chi connectivity index (χ0) is 19.1. The fraction of sp³-hybridized carbons (Fsp3) is 0.200. The molecule has 1 aliphatic rings. The van der Waals surface area contributed by atoms with Gasteiger partial charge in [-0.05, 0) is 29.2 Å². The second-order valence-electron chi connectivity index (χ2n) is 6.75. The normalized spacial score (nSPS) is 16.4. The first-order valence-electron chi connectivity index (χ1n) is 9.11. The van der Waals surface area contributed by atoms with Crippen molar-refractivity contribution >= 4 is 28.1 Å². The van der Waals surface area contributed by atoms with Gasteiger partial charge in [0.15, 0.2) is 5.82 Å². The quantitative estimate of drug-likeness (QED) is 0.428. The molecule has 0 saturated carbocycles. The van der Waals surface area contributed by atoms with Gasteiger partial charge in [-0.2, -0.15) is 0 Å². The zero-order valence-electron chi connectivity index (χ0n) is 14.9. The number of nitrogens with one attached hydrogen (secondary N) is 1. The van der Waals surface area contributed by atoms with Crippen LogP contribution >= 0.6 is 0 Å². The Labute approximate surface area is 159 Å². The molecule has 0 radical (unpaired) electrons. The minimum absolute atomic E-state index is 0.00497. The van der Waals surface area contributed by atoms with E-state index in [1.807, 2.05) is 12.1 Å². The first-order valence-corrected chi connectivity index (χ1v) is 9.11. The van der Waals surface area contributed by atoms with Crippen molar-refractivity contribution in [2.45, 2.75) is 18.9 Å². The number of ether oxygens (including phenoxy) is 1. The molecule has 8 nitrogen and oxygen atoms in total. The van der Waals surface area contributed by atoms with Crippen LogP contribution in [0.1, 0.15) is 24.4 Å². The van der Waals surface area contributed by atoms with E-state index < -0.39 is 4.92 Å². The highest BCUT2D eigenvalue weighted by molar-refractivity contribution is 5.90. The molecule has 4 aromatic rings. The van der Waals surface area contributed by atoms with Crippen LogP contribution in [0.25, 0.3) is 16.4 Å². The molecule has 140 valence electrons. The first kappa shape index (κ1) is 16.5. The molecule has 0 fully saturated rings.